The summed E-state index contributed by atoms with van der Waals surface area (Å²) in [6.07, 6.45) is 0. The fourth-order valence-corrected chi connectivity index (χ4v) is 4.32. The number of rotatable bonds is 4. The molecule has 0 radical (unpaired) electrons. The smallest absolute Gasteiger partial charge is 0.257 e. The molecule has 7 nitrogen and oxygen atoms in total. The standard InChI is InChI=1S/C23H21N5O2/c1-15-19(21(29)27(25-15)17-10-6-4-7-11-17)23(3,14-24)20-16(2)26-28(22(20)30)18-12-8-5-9-13-18/h4-13,19-20H,1-3H3. The van der Waals surface area contributed by atoms with E-state index in [1.807, 2.05) is 36.4 Å². The molecule has 0 saturated carbocycles. The molecule has 2 aromatic rings. The summed E-state index contributed by atoms with van der Waals surface area (Å²) in [5.74, 6) is -2.34. The average molecular weight is 399 g/mol. The highest BCUT2D eigenvalue weighted by Crippen LogP contribution is 2.44. The number of benzene rings is 2. The topological polar surface area (TPSA) is 89.1 Å². The molecule has 30 heavy (non-hydrogen) atoms. The molecule has 2 heterocycles. The number of amides is 2. The van der Waals surface area contributed by atoms with Gasteiger partial charge in [0.25, 0.3) is 11.8 Å². The molecular formula is C23H21N5O2. The zero-order valence-corrected chi connectivity index (χ0v) is 17.0. The summed E-state index contributed by atoms with van der Waals surface area (Å²) < 4.78 is 0. The van der Waals surface area contributed by atoms with E-state index in [2.05, 4.69) is 16.3 Å². The van der Waals surface area contributed by atoms with Crippen molar-refractivity contribution >= 4 is 34.6 Å². The van der Waals surface area contributed by atoms with Gasteiger partial charge in [-0.2, -0.15) is 15.5 Å². The maximum atomic E-state index is 13.3. The van der Waals surface area contributed by atoms with E-state index in [9.17, 15) is 14.9 Å². The van der Waals surface area contributed by atoms with Gasteiger partial charge in [-0.05, 0) is 45.0 Å². The van der Waals surface area contributed by atoms with Crippen molar-refractivity contribution < 1.29 is 9.59 Å². The number of hydrogen-bond acceptors (Lipinski definition) is 5. The van der Waals surface area contributed by atoms with Crippen LogP contribution in [0.1, 0.15) is 20.8 Å². The van der Waals surface area contributed by atoms with Gasteiger partial charge in [-0.1, -0.05) is 36.4 Å². The van der Waals surface area contributed by atoms with Gasteiger partial charge in [0.2, 0.25) is 0 Å². The first kappa shape index (κ1) is 19.5. The third kappa shape index (κ3) is 2.89. The summed E-state index contributed by atoms with van der Waals surface area (Å²) in [5, 5.41) is 21.7. The predicted molar refractivity (Wildman–Crippen MR) is 115 cm³/mol. The predicted octanol–water partition coefficient (Wildman–Crippen LogP) is 3.59. The Morgan fingerprint density at radius 2 is 1.17 bits per heavy atom. The van der Waals surface area contributed by atoms with Crippen LogP contribution in [-0.4, -0.2) is 23.2 Å². The lowest BCUT2D eigenvalue weighted by Gasteiger charge is -2.32. The van der Waals surface area contributed by atoms with Gasteiger partial charge in [-0.3, -0.25) is 9.59 Å². The Kier molecular flexibility index (Phi) is 4.70. The highest BCUT2D eigenvalue weighted by molar-refractivity contribution is 6.20. The van der Waals surface area contributed by atoms with E-state index in [0.717, 1.165) is 0 Å². The molecule has 0 saturated heterocycles. The number of hydrogen-bond donors (Lipinski definition) is 0. The lowest BCUT2D eigenvalue weighted by Crippen LogP contribution is -2.48. The van der Waals surface area contributed by atoms with Gasteiger partial charge in [0.05, 0.1) is 46.1 Å². The Bertz CT molecular complexity index is 1020. The Morgan fingerprint density at radius 3 is 1.50 bits per heavy atom. The molecule has 0 bridgehead atoms. The monoisotopic (exact) mass is 399 g/mol. The SMILES string of the molecule is CC1=NN(c2ccccc2)C(=O)C1C(C)(C#N)C1C(=O)N(c2ccccc2)N=C1C. The van der Waals surface area contributed by atoms with E-state index in [-0.39, 0.29) is 11.8 Å². The number of carbonyl (C=O) groups is 2. The van der Waals surface area contributed by atoms with E-state index in [1.165, 1.54) is 10.0 Å². The molecule has 2 amide bonds. The van der Waals surface area contributed by atoms with Gasteiger partial charge in [0.15, 0.2) is 0 Å². The lowest BCUT2D eigenvalue weighted by molar-refractivity contribution is -0.125. The van der Waals surface area contributed by atoms with Crippen LogP contribution in [0.4, 0.5) is 11.4 Å². The fraction of sp³-hybridized carbons (Fsp3) is 0.261. The van der Waals surface area contributed by atoms with Gasteiger partial charge in [0, 0.05) is 0 Å². The van der Waals surface area contributed by atoms with Crippen LogP contribution in [0.2, 0.25) is 0 Å². The third-order valence-corrected chi connectivity index (χ3v) is 5.70. The zero-order valence-electron chi connectivity index (χ0n) is 17.0. The Hall–Kier alpha value is -3.79. The van der Waals surface area contributed by atoms with Crippen molar-refractivity contribution in [3.63, 3.8) is 0 Å². The van der Waals surface area contributed by atoms with Gasteiger partial charge >= 0.3 is 0 Å². The van der Waals surface area contributed by atoms with E-state index in [0.29, 0.717) is 22.8 Å². The van der Waals surface area contributed by atoms with Gasteiger partial charge in [0.1, 0.15) is 0 Å². The summed E-state index contributed by atoms with van der Waals surface area (Å²) in [6.45, 7) is 5.10. The molecule has 0 fully saturated rings. The van der Waals surface area contributed by atoms with Crippen molar-refractivity contribution in [2.45, 2.75) is 20.8 Å². The first-order chi connectivity index (χ1) is 14.4. The zero-order chi connectivity index (χ0) is 21.5. The quantitative estimate of drug-likeness (QED) is 0.787. The Balaban J connectivity index is 1.70. The van der Waals surface area contributed by atoms with Crippen molar-refractivity contribution in [3.8, 4) is 6.07 Å². The summed E-state index contributed by atoms with van der Waals surface area (Å²) in [4.78, 5) is 26.7. The van der Waals surface area contributed by atoms with Crippen molar-refractivity contribution in [2.75, 3.05) is 10.0 Å². The summed E-state index contributed by atoms with van der Waals surface area (Å²) >= 11 is 0. The minimum Gasteiger partial charge on any atom is -0.272 e. The van der Waals surface area contributed by atoms with E-state index >= 15 is 0 Å². The van der Waals surface area contributed by atoms with Crippen LogP contribution in [0.25, 0.3) is 0 Å². The number of anilines is 2. The molecule has 7 heteroatoms. The maximum Gasteiger partial charge on any atom is 0.257 e. The average Bonchev–Trinajstić information content (AvgIpc) is 3.24. The highest BCUT2D eigenvalue weighted by atomic mass is 16.2. The third-order valence-electron chi connectivity index (χ3n) is 5.70. The first-order valence-electron chi connectivity index (χ1n) is 9.68. The molecule has 2 aromatic carbocycles. The van der Waals surface area contributed by atoms with Crippen LogP contribution in [0.5, 0.6) is 0 Å². The highest BCUT2D eigenvalue weighted by Gasteiger charge is 2.57. The van der Waals surface area contributed by atoms with Gasteiger partial charge in [-0.15, -0.1) is 0 Å². The molecule has 150 valence electrons. The number of hydrazone groups is 2. The normalized spacial score (nSPS) is 23.1. The van der Waals surface area contributed by atoms with E-state index < -0.39 is 17.3 Å². The fourth-order valence-electron chi connectivity index (χ4n) is 4.32. The summed E-state index contributed by atoms with van der Waals surface area (Å²) in [5.41, 5.74) is 0.929. The van der Waals surface area contributed by atoms with Crippen LogP contribution in [0.15, 0.2) is 70.9 Å². The van der Waals surface area contributed by atoms with E-state index in [1.54, 1.807) is 45.0 Å². The minimum atomic E-state index is -1.33. The molecular weight excluding hydrogens is 378 g/mol. The van der Waals surface area contributed by atoms with Crippen molar-refractivity contribution in [1.29, 1.82) is 5.26 Å². The number of para-hydroxylation sites is 2. The molecule has 2 aliphatic heterocycles. The Labute approximate surface area is 174 Å². The number of carbonyl (C=O) groups excluding carboxylic acids is 2. The summed E-state index contributed by atoms with van der Waals surface area (Å²) in [7, 11) is 0. The second-order valence-corrected chi connectivity index (χ2v) is 7.71. The largest absolute Gasteiger partial charge is 0.272 e. The lowest BCUT2D eigenvalue weighted by atomic mass is 9.65. The second kappa shape index (κ2) is 7.23. The van der Waals surface area contributed by atoms with Crippen molar-refractivity contribution in [3.05, 3.63) is 60.7 Å². The van der Waals surface area contributed by atoms with Crippen molar-refractivity contribution in [1.82, 2.24) is 0 Å². The van der Waals surface area contributed by atoms with Crippen LogP contribution in [0, 0.1) is 28.6 Å². The number of nitriles is 1. The summed E-state index contributed by atoms with van der Waals surface area (Å²) in [6, 6.07) is 20.4. The molecule has 2 aliphatic rings. The van der Waals surface area contributed by atoms with E-state index in [4.69, 9.17) is 0 Å². The molecule has 0 spiro atoms. The van der Waals surface area contributed by atoms with Crippen LogP contribution >= 0.6 is 0 Å². The molecule has 0 aromatic heterocycles. The molecule has 4 rings (SSSR count). The number of nitrogens with zero attached hydrogens (tertiary/aromatic N) is 5. The van der Waals surface area contributed by atoms with Gasteiger partial charge in [-0.25, -0.2) is 10.0 Å². The maximum absolute atomic E-state index is 13.3. The first-order valence-corrected chi connectivity index (χ1v) is 9.68. The van der Waals surface area contributed by atoms with Crippen molar-refractivity contribution in [2.24, 2.45) is 27.5 Å². The molecule has 0 N–H and O–H groups in total. The molecule has 2 atom stereocenters. The van der Waals surface area contributed by atoms with Gasteiger partial charge < -0.3 is 0 Å². The minimum absolute atomic E-state index is 0.318. The van der Waals surface area contributed by atoms with Crippen LogP contribution in [0.3, 0.4) is 0 Å². The van der Waals surface area contributed by atoms with Crippen LogP contribution in [-0.2, 0) is 9.59 Å². The van der Waals surface area contributed by atoms with Crippen LogP contribution < -0.4 is 10.0 Å². The Morgan fingerprint density at radius 1 is 0.800 bits per heavy atom. The molecule has 0 aliphatic carbocycles. The molecule has 2 unspecified atom stereocenters. The second-order valence-electron chi connectivity index (χ2n) is 7.71.